The van der Waals surface area contributed by atoms with E-state index < -0.39 is 6.10 Å². The second-order valence-corrected chi connectivity index (χ2v) is 6.25. The van der Waals surface area contributed by atoms with Gasteiger partial charge in [-0.3, -0.25) is 9.59 Å². The van der Waals surface area contributed by atoms with Gasteiger partial charge in [-0.2, -0.15) is 0 Å². The van der Waals surface area contributed by atoms with Crippen molar-refractivity contribution in [1.82, 2.24) is 0 Å². The monoisotopic (exact) mass is 322 g/mol. The maximum atomic E-state index is 12.5. The Bertz CT molecular complexity index is 845. The third-order valence-electron chi connectivity index (χ3n) is 4.53. The highest BCUT2D eigenvalue weighted by Gasteiger charge is 2.23. The number of benzene rings is 2. The normalized spacial score (nSPS) is 18.2. The molecule has 2 amide bonds. The molecule has 1 aliphatic heterocycles. The lowest BCUT2D eigenvalue weighted by Gasteiger charge is -2.23. The van der Waals surface area contributed by atoms with Crippen LogP contribution in [0.25, 0.3) is 0 Å². The number of hydrogen-bond donors (Lipinski definition) is 2. The zero-order chi connectivity index (χ0) is 16.7. The van der Waals surface area contributed by atoms with Crippen LogP contribution in [0.15, 0.2) is 36.4 Å². The second kappa shape index (κ2) is 5.67. The molecule has 1 unspecified atom stereocenters. The lowest BCUT2D eigenvalue weighted by molar-refractivity contribution is -0.122. The van der Waals surface area contributed by atoms with Crippen molar-refractivity contribution in [1.29, 1.82) is 0 Å². The molecule has 122 valence electrons. The van der Waals surface area contributed by atoms with Gasteiger partial charge in [0, 0.05) is 11.3 Å². The Balaban J connectivity index is 1.54. The molecule has 2 aromatic rings. The van der Waals surface area contributed by atoms with Crippen LogP contribution in [0.2, 0.25) is 0 Å². The highest BCUT2D eigenvalue weighted by molar-refractivity contribution is 6.05. The summed E-state index contributed by atoms with van der Waals surface area (Å²) in [6, 6.07) is 11.1. The summed E-state index contributed by atoms with van der Waals surface area (Å²) in [5, 5.41) is 5.66. The first-order valence-corrected chi connectivity index (χ1v) is 8.15. The number of fused-ring (bicyclic) bond motifs is 2. The molecule has 1 atom stereocenters. The summed E-state index contributed by atoms with van der Waals surface area (Å²) in [6.45, 7) is 1.70. The van der Waals surface area contributed by atoms with Crippen LogP contribution >= 0.6 is 0 Å². The van der Waals surface area contributed by atoms with Crippen LogP contribution in [0.3, 0.4) is 0 Å². The topological polar surface area (TPSA) is 67.4 Å². The maximum absolute atomic E-state index is 12.5. The van der Waals surface area contributed by atoms with Gasteiger partial charge in [-0.05, 0) is 67.6 Å². The summed E-state index contributed by atoms with van der Waals surface area (Å²) in [7, 11) is 0. The molecule has 2 aliphatic rings. The molecule has 0 fully saturated rings. The molecule has 0 radical (unpaired) electrons. The lowest BCUT2D eigenvalue weighted by atomic mass is 10.1. The van der Waals surface area contributed by atoms with Crippen LogP contribution in [0.4, 0.5) is 11.4 Å². The van der Waals surface area contributed by atoms with Crippen molar-refractivity contribution in [2.24, 2.45) is 0 Å². The molecule has 5 nitrogen and oxygen atoms in total. The number of nitrogens with one attached hydrogen (secondary N) is 2. The van der Waals surface area contributed by atoms with E-state index in [2.05, 4.69) is 10.6 Å². The van der Waals surface area contributed by atoms with Crippen LogP contribution in [0.5, 0.6) is 5.75 Å². The first kappa shape index (κ1) is 14.8. The van der Waals surface area contributed by atoms with Gasteiger partial charge in [0.2, 0.25) is 0 Å². The molecule has 0 saturated heterocycles. The minimum absolute atomic E-state index is 0.152. The van der Waals surface area contributed by atoms with Gasteiger partial charge in [0.05, 0.1) is 5.69 Å². The van der Waals surface area contributed by atoms with Crippen molar-refractivity contribution in [3.05, 3.63) is 53.1 Å². The van der Waals surface area contributed by atoms with E-state index in [9.17, 15) is 9.59 Å². The molecule has 0 bridgehead atoms. The molecular weight excluding hydrogens is 304 g/mol. The maximum Gasteiger partial charge on any atom is 0.265 e. The Kier molecular flexibility index (Phi) is 3.49. The van der Waals surface area contributed by atoms with E-state index in [0.717, 1.165) is 19.3 Å². The third kappa shape index (κ3) is 2.62. The average molecular weight is 322 g/mol. The molecule has 1 heterocycles. The van der Waals surface area contributed by atoms with E-state index in [1.807, 2.05) is 18.2 Å². The Morgan fingerprint density at radius 3 is 2.88 bits per heavy atom. The van der Waals surface area contributed by atoms with Gasteiger partial charge in [0.15, 0.2) is 6.10 Å². The summed E-state index contributed by atoms with van der Waals surface area (Å²) >= 11 is 0. The fourth-order valence-corrected chi connectivity index (χ4v) is 3.20. The van der Waals surface area contributed by atoms with Gasteiger partial charge in [0.1, 0.15) is 5.75 Å². The smallest absolute Gasteiger partial charge is 0.265 e. The van der Waals surface area contributed by atoms with Gasteiger partial charge in [-0.15, -0.1) is 0 Å². The zero-order valence-corrected chi connectivity index (χ0v) is 13.4. The van der Waals surface area contributed by atoms with Gasteiger partial charge in [-0.1, -0.05) is 6.07 Å². The standard InChI is InChI=1S/C19H18N2O3/c1-11-18(22)21-16-10-15(7-8-17(16)24-11)20-19(23)14-6-5-12-3-2-4-13(12)9-14/h5-11H,2-4H2,1H3,(H,20,23)(H,21,22). The molecule has 0 saturated carbocycles. The molecule has 2 N–H and O–H groups in total. The summed E-state index contributed by atoms with van der Waals surface area (Å²) in [5.74, 6) is 0.267. The van der Waals surface area contributed by atoms with Crippen molar-refractivity contribution in [2.45, 2.75) is 32.3 Å². The molecule has 0 aromatic heterocycles. The predicted molar refractivity (Wildman–Crippen MR) is 91.6 cm³/mol. The van der Waals surface area contributed by atoms with Crippen LogP contribution in [0.1, 0.15) is 34.8 Å². The van der Waals surface area contributed by atoms with Crippen molar-refractivity contribution >= 4 is 23.2 Å². The number of hydrogen-bond acceptors (Lipinski definition) is 3. The fourth-order valence-electron chi connectivity index (χ4n) is 3.20. The van der Waals surface area contributed by atoms with Gasteiger partial charge < -0.3 is 15.4 Å². The van der Waals surface area contributed by atoms with Crippen molar-refractivity contribution in [3.63, 3.8) is 0 Å². The summed E-state index contributed by atoms with van der Waals surface area (Å²) in [5.41, 5.74) is 4.46. The van der Waals surface area contributed by atoms with Gasteiger partial charge in [0.25, 0.3) is 11.8 Å². The molecule has 2 aromatic carbocycles. The van der Waals surface area contributed by atoms with Crippen molar-refractivity contribution in [3.8, 4) is 5.75 Å². The highest BCUT2D eigenvalue weighted by Crippen LogP contribution is 2.32. The average Bonchev–Trinajstić information content (AvgIpc) is 3.03. The second-order valence-electron chi connectivity index (χ2n) is 6.25. The highest BCUT2D eigenvalue weighted by atomic mass is 16.5. The Labute approximate surface area is 140 Å². The minimum Gasteiger partial charge on any atom is -0.479 e. The molecule has 4 rings (SSSR count). The van der Waals surface area contributed by atoms with Crippen LogP contribution in [-0.2, 0) is 17.6 Å². The van der Waals surface area contributed by atoms with Crippen LogP contribution in [-0.4, -0.2) is 17.9 Å². The first-order valence-electron chi connectivity index (χ1n) is 8.15. The number of rotatable bonds is 2. The predicted octanol–water partition coefficient (Wildman–Crippen LogP) is 3.15. The van der Waals surface area contributed by atoms with E-state index >= 15 is 0 Å². The fraction of sp³-hybridized carbons (Fsp3) is 0.263. The first-order chi connectivity index (χ1) is 11.6. The van der Waals surface area contributed by atoms with E-state index in [0.29, 0.717) is 22.7 Å². The van der Waals surface area contributed by atoms with Crippen molar-refractivity contribution < 1.29 is 14.3 Å². The molecule has 24 heavy (non-hydrogen) atoms. The molecule has 0 spiro atoms. The Morgan fingerprint density at radius 2 is 2.00 bits per heavy atom. The quantitative estimate of drug-likeness (QED) is 0.892. The number of carbonyl (C=O) groups excluding carboxylic acids is 2. The van der Waals surface area contributed by atoms with Crippen LogP contribution < -0.4 is 15.4 Å². The minimum atomic E-state index is -0.510. The number of anilines is 2. The van der Waals surface area contributed by atoms with Gasteiger partial charge in [-0.25, -0.2) is 0 Å². The molecular formula is C19H18N2O3. The number of aryl methyl sites for hydroxylation is 2. The van der Waals surface area contributed by atoms with Crippen molar-refractivity contribution in [2.75, 3.05) is 10.6 Å². The largest absolute Gasteiger partial charge is 0.479 e. The molecule has 1 aliphatic carbocycles. The van der Waals surface area contributed by atoms with Crippen LogP contribution in [0, 0.1) is 0 Å². The Morgan fingerprint density at radius 1 is 1.17 bits per heavy atom. The number of amides is 2. The third-order valence-corrected chi connectivity index (χ3v) is 4.53. The summed E-state index contributed by atoms with van der Waals surface area (Å²) in [6.07, 6.45) is 2.78. The van der Waals surface area contributed by atoms with E-state index in [1.165, 1.54) is 11.1 Å². The van der Waals surface area contributed by atoms with E-state index in [-0.39, 0.29) is 11.8 Å². The summed E-state index contributed by atoms with van der Waals surface area (Å²) < 4.78 is 5.51. The van der Waals surface area contributed by atoms with Gasteiger partial charge >= 0.3 is 0 Å². The Hall–Kier alpha value is -2.82. The summed E-state index contributed by atoms with van der Waals surface area (Å²) in [4.78, 5) is 24.2. The SMILES string of the molecule is CC1Oc2ccc(NC(=O)c3ccc4c(c3)CCC4)cc2NC1=O. The zero-order valence-electron chi connectivity index (χ0n) is 13.4. The lowest BCUT2D eigenvalue weighted by Crippen LogP contribution is -2.34. The van der Waals surface area contributed by atoms with E-state index in [4.69, 9.17) is 4.74 Å². The number of ether oxygens (including phenoxy) is 1. The van der Waals surface area contributed by atoms with E-state index in [1.54, 1.807) is 25.1 Å². The number of carbonyl (C=O) groups is 2. The molecule has 5 heteroatoms.